The third-order valence-electron chi connectivity index (χ3n) is 8.59. The van der Waals surface area contributed by atoms with Crippen molar-refractivity contribution < 1.29 is 13.5 Å². The molecule has 2 fully saturated rings. The molecule has 0 bridgehead atoms. The number of pyridine rings is 1. The molecule has 4 N–H and O–H groups in total. The molecule has 3 aliphatic heterocycles. The van der Waals surface area contributed by atoms with Crippen LogP contribution in [0.25, 0.3) is 10.9 Å². The number of ether oxygens (including phenoxy) is 1. The number of oxazole rings is 1. The third-order valence-corrected chi connectivity index (χ3v) is 9.34. The van der Waals surface area contributed by atoms with Gasteiger partial charge in [-0.05, 0) is 43.5 Å². The molecule has 11 nitrogen and oxygen atoms in total. The number of nitrogens with zero attached hydrogens (tertiary/aromatic N) is 5. The number of benzene rings is 2. The Morgan fingerprint density at radius 3 is 2.69 bits per heavy atom. The maximum atomic E-state index is 15.1. The summed E-state index contributed by atoms with van der Waals surface area (Å²) >= 11 is 12.9. The number of aryl methyl sites for hydroxylation is 1. The van der Waals surface area contributed by atoms with Crippen LogP contribution in [-0.4, -0.2) is 58.3 Å². The van der Waals surface area contributed by atoms with Gasteiger partial charge in [0.05, 0.1) is 57.5 Å². The van der Waals surface area contributed by atoms with E-state index in [-0.39, 0.29) is 16.3 Å². The molecule has 0 amide bonds. The van der Waals surface area contributed by atoms with Crippen LogP contribution in [0.1, 0.15) is 35.7 Å². The summed E-state index contributed by atoms with van der Waals surface area (Å²) in [5, 5.41) is 19.5. The predicted molar refractivity (Wildman–Crippen MR) is 169 cm³/mol. The molecule has 4 aromatic rings. The van der Waals surface area contributed by atoms with Gasteiger partial charge < -0.3 is 25.2 Å². The Bertz CT molecular complexity index is 1800. The number of nitrogens with one attached hydrogen (secondary N) is 4. The second-order valence-corrected chi connectivity index (χ2v) is 12.2. The summed E-state index contributed by atoms with van der Waals surface area (Å²) in [6, 6.07) is 9.42. The van der Waals surface area contributed by atoms with E-state index < -0.39 is 11.9 Å². The van der Waals surface area contributed by atoms with Crippen LogP contribution in [0.2, 0.25) is 10.0 Å². The largest absolute Gasteiger partial charge is 0.451 e. The fraction of sp³-hybridized carbons (Fsp3) is 0.323. The lowest BCUT2D eigenvalue weighted by atomic mass is 10.0. The number of anilines is 3. The Kier molecular flexibility index (Phi) is 8.12. The zero-order valence-corrected chi connectivity index (χ0v) is 25.8. The molecule has 2 aromatic carbocycles. The highest BCUT2D eigenvalue weighted by molar-refractivity contribution is 6.36. The average molecular weight is 651 g/mol. The SMILES string of the molecule is Cc1ccc(Nc2c(C#N)cnc3c(Cl)cc(N[C@H](C4=CN(C5CCN(C6COC6)CC5)NN4)c4cocn4)cc23)c(F)c1Cl. The molecule has 1 atom stereocenters. The van der Waals surface area contributed by atoms with Gasteiger partial charge in [0.15, 0.2) is 12.2 Å². The number of rotatable bonds is 8. The fourth-order valence-electron chi connectivity index (χ4n) is 5.93. The summed E-state index contributed by atoms with van der Waals surface area (Å²) in [5.74, 6) is -0.615. The minimum atomic E-state index is -0.615. The van der Waals surface area contributed by atoms with Crippen LogP contribution in [0.3, 0.4) is 0 Å². The molecule has 5 heterocycles. The van der Waals surface area contributed by atoms with Crippen LogP contribution < -0.4 is 21.6 Å². The van der Waals surface area contributed by atoms with E-state index in [0.29, 0.717) is 50.6 Å². The van der Waals surface area contributed by atoms with Crippen LogP contribution >= 0.6 is 23.2 Å². The summed E-state index contributed by atoms with van der Waals surface area (Å²) < 4.78 is 25.8. The molecule has 45 heavy (non-hydrogen) atoms. The average Bonchev–Trinajstić information content (AvgIpc) is 3.73. The van der Waals surface area contributed by atoms with Crippen molar-refractivity contribution in [1.82, 2.24) is 30.8 Å². The zero-order chi connectivity index (χ0) is 31.1. The van der Waals surface area contributed by atoms with Crippen LogP contribution in [0.15, 0.2) is 59.4 Å². The van der Waals surface area contributed by atoms with Crippen LogP contribution in [-0.2, 0) is 4.74 Å². The summed E-state index contributed by atoms with van der Waals surface area (Å²) in [7, 11) is 0. The monoisotopic (exact) mass is 649 g/mol. The van der Waals surface area contributed by atoms with Crippen molar-refractivity contribution in [3.05, 3.63) is 87.7 Å². The van der Waals surface area contributed by atoms with E-state index in [2.05, 4.69) is 47.5 Å². The van der Waals surface area contributed by atoms with Crippen molar-refractivity contribution in [2.24, 2.45) is 0 Å². The molecule has 0 saturated carbocycles. The molecule has 14 heteroatoms. The smallest absolute Gasteiger partial charge is 0.180 e. The molecule has 2 saturated heterocycles. The molecule has 2 aromatic heterocycles. The minimum Gasteiger partial charge on any atom is -0.451 e. The summed E-state index contributed by atoms with van der Waals surface area (Å²) in [4.78, 5) is 11.4. The molecule has 7 rings (SSSR count). The summed E-state index contributed by atoms with van der Waals surface area (Å²) in [5.41, 5.74) is 10.5. The highest BCUT2D eigenvalue weighted by Crippen LogP contribution is 2.38. The van der Waals surface area contributed by atoms with E-state index in [1.165, 1.54) is 12.6 Å². The van der Waals surface area contributed by atoms with Gasteiger partial charge >= 0.3 is 0 Å². The number of aromatic nitrogens is 2. The predicted octanol–water partition coefficient (Wildman–Crippen LogP) is 5.78. The first-order valence-corrected chi connectivity index (χ1v) is 15.4. The molecule has 0 spiro atoms. The van der Waals surface area contributed by atoms with Crippen LogP contribution in [0, 0.1) is 24.1 Å². The van der Waals surface area contributed by atoms with Gasteiger partial charge in [-0.15, -0.1) is 5.53 Å². The van der Waals surface area contributed by atoms with Crippen molar-refractivity contribution in [2.45, 2.75) is 37.9 Å². The van der Waals surface area contributed by atoms with E-state index in [9.17, 15) is 5.26 Å². The Morgan fingerprint density at radius 1 is 1.16 bits per heavy atom. The Labute approximate surface area is 268 Å². The van der Waals surface area contributed by atoms with Crippen molar-refractivity contribution in [3.63, 3.8) is 0 Å². The lowest BCUT2D eigenvalue weighted by molar-refractivity contribution is -0.0760. The number of likely N-dealkylation sites (tertiary alicyclic amines) is 1. The van der Waals surface area contributed by atoms with Crippen molar-refractivity contribution in [3.8, 4) is 6.07 Å². The molecular weight excluding hydrogens is 620 g/mol. The number of nitriles is 1. The molecular formula is C31H30Cl2FN9O2. The molecule has 0 unspecified atom stereocenters. The van der Waals surface area contributed by atoms with Crippen LogP contribution in [0.5, 0.6) is 0 Å². The van der Waals surface area contributed by atoms with E-state index in [1.807, 2.05) is 12.3 Å². The van der Waals surface area contributed by atoms with E-state index in [4.69, 9.17) is 32.4 Å². The first-order valence-electron chi connectivity index (χ1n) is 14.6. The van der Waals surface area contributed by atoms with Gasteiger partial charge in [0.25, 0.3) is 0 Å². The Balaban J connectivity index is 1.19. The lowest BCUT2D eigenvalue weighted by Crippen LogP contribution is -2.55. The van der Waals surface area contributed by atoms with Crippen molar-refractivity contribution in [1.29, 1.82) is 5.26 Å². The van der Waals surface area contributed by atoms with Gasteiger partial charge in [-0.25, -0.2) is 9.37 Å². The number of piperidine rings is 1. The number of hydrogen-bond donors (Lipinski definition) is 4. The highest BCUT2D eigenvalue weighted by atomic mass is 35.5. The Morgan fingerprint density at radius 2 is 1.98 bits per heavy atom. The Hall–Kier alpha value is -4.12. The van der Waals surface area contributed by atoms with E-state index >= 15 is 4.39 Å². The van der Waals surface area contributed by atoms with Gasteiger partial charge in [-0.3, -0.25) is 14.9 Å². The number of halogens is 3. The minimum absolute atomic E-state index is 0.00576. The molecule has 232 valence electrons. The quantitative estimate of drug-likeness (QED) is 0.186. The standard InChI is InChI=1S/C31H30Cl2FN9O2/c1-17-2-3-24(28(34)27(17)33)39-29-18(10-35)11-36-30-22(29)8-19(9-23(30)32)38-31(26-15-45-16-37-26)25-12-43(41-40-25)20-4-6-42(7-5-20)21-13-44-14-21/h2-3,8-9,11-12,15-16,20-21,31,38,40-41H,4-7,13-14H2,1H3,(H,36,39)/t31-/m1/s1. The fourth-order valence-corrected chi connectivity index (χ4v) is 6.36. The van der Waals surface area contributed by atoms with E-state index in [0.717, 1.165) is 44.8 Å². The van der Waals surface area contributed by atoms with Gasteiger partial charge in [0.2, 0.25) is 0 Å². The molecule has 0 aliphatic carbocycles. The second-order valence-electron chi connectivity index (χ2n) is 11.4. The first kappa shape index (κ1) is 29.6. The van der Waals surface area contributed by atoms with Gasteiger partial charge in [-0.2, -0.15) is 5.26 Å². The molecule has 0 radical (unpaired) electrons. The number of hydrogen-bond acceptors (Lipinski definition) is 11. The normalized spacial score (nSPS) is 18.3. The maximum absolute atomic E-state index is 15.1. The highest BCUT2D eigenvalue weighted by Gasteiger charge is 2.33. The van der Waals surface area contributed by atoms with E-state index in [1.54, 1.807) is 31.4 Å². The summed E-state index contributed by atoms with van der Waals surface area (Å²) in [6.45, 7) is 5.41. The first-order chi connectivity index (χ1) is 21.9. The zero-order valence-electron chi connectivity index (χ0n) is 24.3. The van der Waals surface area contributed by atoms with Crippen molar-refractivity contribution in [2.75, 3.05) is 36.9 Å². The molecule has 3 aliphatic rings. The number of hydrazine groups is 2. The van der Waals surface area contributed by atoms with Crippen molar-refractivity contribution >= 4 is 51.2 Å². The lowest BCUT2D eigenvalue weighted by Gasteiger charge is -2.42. The topological polar surface area (TPSA) is 127 Å². The second kappa shape index (κ2) is 12.3. The third kappa shape index (κ3) is 5.74. The summed E-state index contributed by atoms with van der Waals surface area (Å²) in [6.07, 6.45) is 8.46. The van der Waals surface area contributed by atoms with Gasteiger partial charge in [-0.1, -0.05) is 29.3 Å². The number of fused-ring (bicyclic) bond motifs is 1. The van der Waals surface area contributed by atoms with Crippen LogP contribution in [0.4, 0.5) is 21.5 Å². The van der Waals surface area contributed by atoms with Gasteiger partial charge in [0, 0.05) is 42.6 Å². The van der Waals surface area contributed by atoms with Gasteiger partial charge in [0.1, 0.15) is 24.1 Å². The maximum Gasteiger partial charge on any atom is 0.180 e.